The van der Waals surface area contributed by atoms with E-state index in [1.165, 1.54) is 0 Å². The molecule has 0 aliphatic carbocycles. The Morgan fingerprint density at radius 3 is 2.32 bits per heavy atom. The van der Waals surface area contributed by atoms with Gasteiger partial charge in [0.05, 0.1) is 0 Å². The maximum atomic E-state index is 12.3. The van der Waals surface area contributed by atoms with Crippen molar-refractivity contribution in [1.29, 1.82) is 5.26 Å². The fraction of sp³-hybridized carbons (Fsp3) is 0.318. The quantitative estimate of drug-likeness (QED) is 0.419. The van der Waals surface area contributed by atoms with E-state index in [0.29, 0.717) is 18.1 Å². The maximum absolute atomic E-state index is 12.3. The van der Waals surface area contributed by atoms with E-state index in [4.69, 9.17) is 5.26 Å². The van der Waals surface area contributed by atoms with Crippen LogP contribution in [0.1, 0.15) is 43.6 Å². The van der Waals surface area contributed by atoms with Gasteiger partial charge < -0.3 is 16.0 Å². The molecule has 0 spiro atoms. The molecule has 6 nitrogen and oxygen atoms in total. The van der Waals surface area contributed by atoms with Crippen LogP contribution in [0.5, 0.6) is 0 Å². The fourth-order valence-electron chi connectivity index (χ4n) is 2.29. The molecule has 0 heterocycles. The number of guanidine groups is 1. The predicted molar refractivity (Wildman–Crippen MR) is 113 cm³/mol. The first-order chi connectivity index (χ1) is 13.3. The second-order valence-electron chi connectivity index (χ2n) is 7.66. The van der Waals surface area contributed by atoms with E-state index in [1.54, 1.807) is 30.5 Å². The molecule has 0 bridgehead atoms. The Kier molecular flexibility index (Phi) is 7.16. The van der Waals surface area contributed by atoms with Crippen LogP contribution in [0.25, 0.3) is 0 Å². The number of carbonyl (C=O) groups is 1. The molecule has 0 aliphatic rings. The Balaban J connectivity index is 1.97. The van der Waals surface area contributed by atoms with Gasteiger partial charge in [0, 0.05) is 23.8 Å². The second-order valence-corrected chi connectivity index (χ2v) is 7.66. The van der Waals surface area contributed by atoms with E-state index in [2.05, 4.69) is 41.7 Å². The van der Waals surface area contributed by atoms with Crippen LogP contribution in [0.4, 0.5) is 5.69 Å². The Morgan fingerprint density at radius 1 is 1.11 bits per heavy atom. The number of anilines is 1. The molecule has 2 aromatic rings. The number of carbonyl (C=O) groups excluding carboxylic acids is 1. The van der Waals surface area contributed by atoms with Crippen LogP contribution in [0.2, 0.25) is 0 Å². The number of hydrogen-bond acceptors (Lipinski definition) is 3. The van der Waals surface area contributed by atoms with Crippen molar-refractivity contribution in [2.75, 3.05) is 5.32 Å². The summed E-state index contributed by atoms with van der Waals surface area (Å²) in [5, 5.41) is 18.1. The normalized spacial score (nSPS) is 12.6. The molecule has 1 amide bonds. The number of aliphatic imine (C=N–C) groups is 1. The highest BCUT2D eigenvalue weighted by atomic mass is 16.1. The highest BCUT2D eigenvalue weighted by Gasteiger charge is 2.21. The van der Waals surface area contributed by atoms with Gasteiger partial charge >= 0.3 is 0 Å². The molecule has 0 aliphatic heterocycles. The molecule has 0 saturated carbocycles. The molecule has 0 fully saturated rings. The molecule has 3 N–H and O–H groups in total. The summed E-state index contributed by atoms with van der Waals surface area (Å²) >= 11 is 0. The molecule has 0 aromatic heterocycles. The van der Waals surface area contributed by atoms with Gasteiger partial charge in [-0.15, -0.1) is 4.99 Å². The van der Waals surface area contributed by atoms with E-state index in [1.807, 2.05) is 37.3 Å². The fourth-order valence-corrected chi connectivity index (χ4v) is 2.29. The average molecular weight is 377 g/mol. The van der Waals surface area contributed by atoms with Crippen molar-refractivity contribution < 1.29 is 4.79 Å². The van der Waals surface area contributed by atoms with E-state index in [-0.39, 0.29) is 17.4 Å². The molecule has 0 radical (unpaired) electrons. The Labute approximate surface area is 166 Å². The van der Waals surface area contributed by atoms with Crippen LogP contribution in [0, 0.1) is 16.9 Å². The molecule has 6 heteroatoms. The van der Waals surface area contributed by atoms with Gasteiger partial charge in [-0.25, -0.2) is 0 Å². The highest BCUT2D eigenvalue weighted by Crippen LogP contribution is 2.18. The third kappa shape index (κ3) is 6.44. The summed E-state index contributed by atoms with van der Waals surface area (Å²) < 4.78 is 0. The summed E-state index contributed by atoms with van der Waals surface area (Å²) in [6, 6.07) is 16.9. The number of nitrogens with zero attached hydrogens (tertiary/aromatic N) is 2. The minimum atomic E-state index is -0.138. The molecular weight excluding hydrogens is 350 g/mol. The van der Waals surface area contributed by atoms with Gasteiger partial charge in [0.1, 0.15) is 0 Å². The highest BCUT2D eigenvalue weighted by molar-refractivity contribution is 5.97. The van der Waals surface area contributed by atoms with Gasteiger partial charge in [-0.2, -0.15) is 5.26 Å². The third-order valence-electron chi connectivity index (χ3n) is 4.52. The van der Waals surface area contributed by atoms with Gasteiger partial charge in [-0.1, -0.05) is 51.1 Å². The van der Waals surface area contributed by atoms with Crippen molar-refractivity contribution in [3.63, 3.8) is 0 Å². The van der Waals surface area contributed by atoms with E-state index in [0.717, 1.165) is 11.3 Å². The lowest BCUT2D eigenvalue weighted by Crippen LogP contribution is -2.44. The lowest BCUT2D eigenvalue weighted by molar-refractivity contribution is 0.0951. The van der Waals surface area contributed by atoms with Crippen molar-refractivity contribution in [1.82, 2.24) is 10.6 Å². The zero-order valence-corrected chi connectivity index (χ0v) is 16.8. The minimum Gasteiger partial charge on any atom is -0.352 e. The van der Waals surface area contributed by atoms with Crippen molar-refractivity contribution in [3.05, 3.63) is 65.7 Å². The van der Waals surface area contributed by atoms with Crippen LogP contribution in [0.15, 0.2) is 59.6 Å². The molecule has 146 valence electrons. The van der Waals surface area contributed by atoms with Crippen molar-refractivity contribution in [2.45, 2.75) is 40.3 Å². The minimum absolute atomic E-state index is 0.0125. The smallest absolute Gasteiger partial charge is 0.251 e. The monoisotopic (exact) mass is 377 g/mol. The number of benzene rings is 2. The number of nitriles is 1. The van der Waals surface area contributed by atoms with Gasteiger partial charge in [0.2, 0.25) is 12.2 Å². The molecule has 2 rings (SSSR count). The van der Waals surface area contributed by atoms with Crippen molar-refractivity contribution in [2.24, 2.45) is 10.4 Å². The summed E-state index contributed by atoms with van der Waals surface area (Å²) in [6.07, 6.45) is 1.81. The Hall–Kier alpha value is -3.33. The summed E-state index contributed by atoms with van der Waals surface area (Å²) in [6.45, 7) is 8.84. The zero-order chi connectivity index (χ0) is 20.6. The first-order valence-electron chi connectivity index (χ1n) is 9.22. The first-order valence-corrected chi connectivity index (χ1v) is 9.22. The first kappa shape index (κ1) is 21.0. The maximum Gasteiger partial charge on any atom is 0.251 e. The second kappa shape index (κ2) is 9.56. The summed E-state index contributed by atoms with van der Waals surface area (Å²) in [5.41, 5.74) is 2.36. The molecule has 28 heavy (non-hydrogen) atoms. The topological polar surface area (TPSA) is 89.3 Å². The lowest BCUT2D eigenvalue weighted by atomic mass is 9.88. The van der Waals surface area contributed by atoms with Crippen LogP contribution >= 0.6 is 0 Å². The molecular formula is C22H27N5O. The van der Waals surface area contributed by atoms with Gasteiger partial charge in [-0.05, 0) is 42.2 Å². The van der Waals surface area contributed by atoms with Crippen LogP contribution in [-0.2, 0) is 6.54 Å². The van der Waals surface area contributed by atoms with Gasteiger partial charge in [-0.3, -0.25) is 4.79 Å². The van der Waals surface area contributed by atoms with Gasteiger partial charge in [0.15, 0.2) is 0 Å². The Bertz CT molecular complexity index is 845. The standard InChI is InChI=1S/C22H27N5O/c1-16(22(2,3)4)26-21(25-15-23)27-19-12-10-18(11-13-19)20(28)24-14-17-8-6-5-7-9-17/h5-13,16H,14H2,1-4H3,(H,24,28)(H2,25,26,27). The van der Waals surface area contributed by atoms with Crippen LogP contribution in [0.3, 0.4) is 0 Å². The SMILES string of the molecule is CC(N/C(=N\C#N)Nc1ccc(C(=O)NCc2ccccc2)cc1)C(C)(C)C. The summed E-state index contributed by atoms with van der Waals surface area (Å²) in [7, 11) is 0. The van der Waals surface area contributed by atoms with Crippen LogP contribution < -0.4 is 16.0 Å². The number of nitrogens with one attached hydrogen (secondary N) is 3. The number of hydrogen-bond donors (Lipinski definition) is 3. The summed E-state index contributed by atoms with van der Waals surface area (Å²) in [5.74, 6) is 0.243. The zero-order valence-electron chi connectivity index (χ0n) is 16.8. The molecule has 1 atom stereocenters. The lowest BCUT2D eigenvalue weighted by Gasteiger charge is -2.29. The van der Waals surface area contributed by atoms with Crippen molar-refractivity contribution in [3.8, 4) is 6.19 Å². The number of rotatable bonds is 5. The largest absolute Gasteiger partial charge is 0.352 e. The summed E-state index contributed by atoms with van der Waals surface area (Å²) in [4.78, 5) is 16.1. The van der Waals surface area contributed by atoms with Crippen molar-refractivity contribution >= 4 is 17.6 Å². The van der Waals surface area contributed by atoms with Crippen LogP contribution in [-0.4, -0.2) is 17.9 Å². The van der Waals surface area contributed by atoms with E-state index >= 15 is 0 Å². The average Bonchev–Trinajstić information content (AvgIpc) is 2.67. The molecule has 1 unspecified atom stereocenters. The third-order valence-corrected chi connectivity index (χ3v) is 4.52. The molecule has 2 aromatic carbocycles. The Morgan fingerprint density at radius 2 is 1.75 bits per heavy atom. The van der Waals surface area contributed by atoms with Gasteiger partial charge in [0.25, 0.3) is 5.91 Å². The molecule has 0 saturated heterocycles. The number of amides is 1. The van der Waals surface area contributed by atoms with E-state index < -0.39 is 0 Å². The van der Waals surface area contributed by atoms with E-state index in [9.17, 15) is 4.79 Å². The predicted octanol–water partition coefficient (Wildman–Crippen LogP) is 3.89.